The minimum atomic E-state index is -0.986. The van der Waals surface area contributed by atoms with Gasteiger partial charge in [0.25, 0.3) is 0 Å². The number of carboxylic acids is 1. The van der Waals surface area contributed by atoms with Crippen LogP contribution in [0.3, 0.4) is 0 Å². The van der Waals surface area contributed by atoms with Crippen LogP contribution < -0.4 is 5.32 Å². The molecule has 0 radical (unpaired) electrons. The lowest BCUT2D eigenvalue weighted by Gasteiger charge is -2.73. The summed E-state index contributed by atoms with van der Waals surface area (Å²) in [6, 6.07) is 5.56. The zero-order chi connectivity index (χ0) is 18.6. The number of hydrogen-bond donors (Lipinski definition) is 2. The summed E-state index contributed by atoms with van der Waals surface area (Å²) >= 11 is 0. The molecule has 0 saturated heterocycles. The van der Waals surface area contributed by atoms with Crippen LogP contribution in [-0.4, -0.2) is 28.8 Å². The summed E-state index contributed by atoms with van der Waals surface area (Å²) in [5.74, 6) is -0.986. The Kier molecular flexibility index (Phi) is 3.90. The van der Waals surface area contributed by atoms with Gasteiger partial charge in [-0.05, 0) is 70.4 Å². The molecule has 136 valence electrons. The lowest BCUT2D eigenvalue weighted by molar-refractivity contribution is -0.183. The Bertz CT molecular complexity index is 712. The Morgan fingerprint density at radius 2 is 1.80 bits per heavy atom. The third-order valence-corrected chi connectivity index (χ3v) is 5.56. The van der Waals surface area contributed by atoms with Gasteiger partial charge in [0.15, 0.2) is 0 Å². The summed E-state index contributed by atoms with van der Waals surface area (Å²) in [7, 11) is 0. The molecule has 2 N–H and O–H groups in total. The first-order chi connectivity index (χ1) is 11.5. The molecule has 3 fully saturated rings. The molecule has 5 nitrogen and oxygen atoms in total. The van der Waals surface area contributed by atoms with Gasteiger partial charge in [0, 0.05) is 5.41 Å². The van der Waals surface area contributed by atoms with Crippen molar-refractivity contribution in [1.29, 1.82) is 0 Å². The van der Waals surface area contributed by atoms with Crippen molar-refractivity contribution < 1.29 is 19.4 Å². The van der Waals surface area contributed by atoms with Gasteiger partial charge >= 0.3 is 12.1 Å². The van der Waals surface area contributed by atoms with Crippen LogP contribution in [0.1, 0.15) is 56.7 Å². The highest BCUT2D eigenvalue weighted by Gasteiger charge is 2.72. The molecule has 1 aromatic rings. The van der Waals surface area contributed by atoms with Crippen molar-refractivity contribution >= 4 is 12.1 Å². The number of carbonyl (C=O) groups excluding carboxylic acids is 1. The lowest BCUT2D eigenvalue weighted by atomic mass is 9.31. The van der Waals surface area contributed by atoms with Gasteiger partial charge in [-0.25, -0.2) is 9.59 Å². The third kappa shape index (κ3) is 3.00. The van der Waals surface area contributed by atoms with Crippen molar-refractivity contribution in [3.8, 4) is 0 Å². The standard InChI is InChI=1S/C20H27NO4/c1-12-6-7-13(2)14(8-12)19-9-20(10-19,11-19)15(16(22)23)21-17(24)25-18(3,4)5/h6-8,15H,9-11H2,1-5H3,(H,21,24)(H,22,23). The van der Waals surface area contributed by atoms with Crippen molar-refractivity contribution in [2.75, 3.05) is 0 Å². The van der Waals surface area contributed by atoms with Crippen molar-refractivity contribution in [1.82, 2.24) is 5.32 Å². The molecular weight excluding hydrogens is 318 g/mol. The van der Waals surface area contributed by atoms with Crippen molar-refractivity contribution in [2.24, 2.45) is 5.41 Å². The van der Waals surface area contributed by atoms with Crippen LogP contribution in [-0.2, 0) is 14.9 Å². The van der Waals surface area contributed by atoms with Crippen molar-refractivity contribution in [3.05, 3.63) is 34.9 Å². The molecule has 1 unspecified atom stereocenters. The molecule has 0 heterocycles. The first kappa shape index (κ1) is 17.8. The number of aliphatic carboxylic acids is 1. The summed E-state index contributed by atoms with van der Waals surface area (Å²) in [5, 5.41) is 12.2. The quantitative estimate of drug-likeness (QED) is 0.872. The normalized spacial score (nSPS) is 28.4. The van der Waals surface area contributed by atoms with Crippen LogP contribution in [0, 0.1) is 19.3 Å². The summed E-state index contributed by atoms with van der Waals surface area (Å²) in [4.78, 5) is 23.8. The lowest BCUT2D eigenvalue weighted by Crippen LogP contribution is -2.73. The van der Waals surface area contributed by atoms with E-state index in [0.717, 1.165) is 19.3 Å². The third-order valence-electron chi connectivity index (χ3n) is 5.56. The molecule has 4 rings (SSSR count). The Balaban J connectivity index is 1.72. The molecule has 0 spiro atoms. The summed E-state index contributed by atoms with van der Waals surface area (Å²) in [6.07, 6.45) is 1.75. The van der Waals surface area contributed by atoms with E-state index < -0.39 is 23.7 Å². The fourth-order valence-corrected chi connectivity index (χ4v) is 4.67. The van der Waals surface area contributed by atoms with E-state index in [1.807, 2.05) is 0 Å². The van der Waals surface area contributed by atoms with E-state index in [1.165, 1.54) is 16.7 Å². The zero-order valence-electron chi connectivity index (χ0n) is 15.6. The van der Waals surface area contributed by atoms with E-state index >= 15 is 0 Å². The fourth-order valence-electron chi connectivity index (χ4n) is 4.67. The van der Waals surface area contributed by atoms with Gasteiger partial charge in [-0.3, -0.25) is 0 Å². The first-order valence-corrected chi connectivity index (χ1v) is 8.77. The molecule has 0 aromatic heterocycles. The SMILES string of the molecule is Cc1ccc(C)c(C23CC(C(NC(=O)OC(C)(C)C)C(=O)O)(C2)C3)c1. The van der Waals surface area contributed by atoms with Crippen LogP contribution >= 0.6 is 0 Å². The van der Waals surface area contributed by atoms with Gasteiger partial charge in [-0.2, -0.15) is 0 Å². The predicted octanol–water partition coefficient (Wildman–Crippen LogP) is 3.70. The average molecular weight is 345 g/mol. The van der Waals surface area contributed by atoms with Gasteiger partial charge in [-0.1, -0.05) is 23.8 Å². The van der Waals surface area contributed by atoms with Crippen LogP contribution in [0.5, 0.6) is 0 Å². The number of benzene rings is 1. The van der Waals surface area contributed by atoms with E-state index in [0.29, 0.717) is 0 Å². The topological polar surface area (TPSA) is 75.6 Å². The molecule has 1 atom stereocenters. The summed E-state index contributed by atoms with van der Waals surface area (Å²) in [6.45, 7) is 9.47. The Morgan fingerprint density at radius 1 is 1.20 bits per heavy atom. The largest absolute Gasteiger partial charge is 0.480 e. The number of amides is 1. The first-order valence-electron chi connectivity index (χ1n) is 8.77. The molecule has 3 saturated carbocycles. The maximum absolute atomic E-state index is 12.0. The maximum atomic E-state index is 12.0. The molecule has 25 heavy (non-hydrogen) atoms. The number of nitrogens with one attached hydrogen (secondary N) is 1. The van der Waals surface area contributed by atoms with Crippen LogP contribution in [0.4, 0.5) is 4.79 Å². The van der Waals surface area contributed by atoms with E-state index in [4.69, 9.17) is 4.74 Å². The molecule has 5 heteroatoms. The molecule has 1 amide bonds. The number of alkyl carbamates (subject to hydrolysis) is 1. The maximum Gasteiger partial charge on any atom is 0.408 e. The number of carboxylic acid groups (broad SMARTS) is 1. The van der Waals surface area contributed by atoms with Crippen LogP contribution in [0.2, 0.25) is 0 Å². The number of rotatable bonds is 4. The van der Waals surface area contributed by atoms with Crippen molar-refractivity contribution in [3.63, 3.8) is 0 Å². The predicted molar refractivity (Wildman–Crippen MR) is 94.7 cm³/mol. The summed E-state index contributed by atoms with van der Waals surface area (Å²) in [5.41, 5.74) is 2.90. The van der Waals surface area contributed by atoms with Gasteiger partial charge < -0.3 is 15.2 Å². The second kappa shape index (κ2) is 5.48. The van der Waals surface area contributed by atoms with Gasteiger partial charge in [0.2, 0.25) is 0 Å². The van der Waals surface area contributed by atoms with Gasteiger partial charge in [0.1, 0.15) is 11.6 Å². The number of carbonyl (C=O) groups is 2. The van der Waals surface area contributed by atoms with Gasteiger partial charge in [-0.15, -0.1) is 0 Å². The van der Waals surface area contributed by atoms with E-state index in [1.54, 1.807) is 20.8 Å². The van der Waals surface area contributed by atoms with E-state index in [9.17, 15) is 14.7 Å². The smallest absolute Gasteiger partial charge is 0.408 e. The second-order valence-electron chi connectivity index (χ2n) is 8.91. The van der Waals surface area contributed by atoms with Crippen LogP contribution in [0.15, 0.2) is 18.2 Å². The Morgan fingerprint density at radius 3 is 2.32 bits per heavy atom. The molecule has 2 bridgehead atoms. The molecule has 1 aromatic carbocycles. The zero-order valence-corrected chi connectivity index (χ0v) is 15.6. The highest BCUT2D eigenvalue weighted by molar-refractivity contribution is 5.82. The number of hydrogen-bond acceptors (Lipinski definition) is 3. The minimum Gasteiger partial charge on any atom is -0.480 e. The molecular formula is C20H27NO4. The molecule has 3 aliphatic rings. The highest BCUT2D eigenvalue weighted by Crippen LogP contribution is 2.75. The summed E-state index contributed by atoms with van der Waals surface area (Å²) < 4.78 is 5.23. The second-order valence-corrected chi connectivity index (χ2v) is 8.91. The number of ether oxygens (including phenoxy) is 1. The van der Waals surface area contributed by atoms with Gasteiger partial charge in [0.05, 0.1) is 0 Å². The molecule has 3 aliphatic carbocycles. The number of aryl methyl sites for hydroxylation is 2. The molecule has 0 aliphatic heterocycles. The minimum absolute atomic E-state index is 0.0828. The van der Waals surface area contributed by atoms with Crippen LogP contribution in [0.25, 0.3) is 0 Å². The average Bonchev–Trinajstić information content (AvgIpc) is 2.36. The Labute approximate surface area is 148 Å². The fraction of sp³-hybridized carbons (Fsp3) is 0.600. The van der Waals surface area contributed by atoms with E-state index in [2.05, 4.69) is 37.4 Å². The Hall–Kier alpha value is -2.04. The monoisotopic (exact) mass is 345 g/mol. The van der Waals surface area contributed by atoms with E-state index in [-0.39, 0.29) is 10.8 Å². The van der Waals surface area contributed by atoms with Crippen molar-refractivity contribution in [2.45, 2.75) is 70.9 Å². The highest BCUT2D eigenvalue weighted by atomic mass is 16.6.